The Morgan fingerprint density at radius 3 is 2.44 bits per heavy atom. The number of nitrogens with one attached hydrogen (secondary N) is 1. The molecule has 4 rings (SSSR count). The Morgan fingerprint density at radius 1 is 1.17 bits per heavy atom. The Morgan fingerprint density at radius 2 is 1.81 bits per heavy atom. The summed E-state index contributed by atoms with van der Waals surface area (Å²) in [6.07, 6.45) is 0. The van der Waals surface area contributed by atoms with E-state index >= 15 is 0 Å². The van der Waals surface area contributed by atoms with Crippen molar-refractivity contribution >= 4 is 66.7 Å². The third-order valence-corrected chi connectivity index (χ3v) is 7.77. The number of benzene rings is 2. The standard InChI is InChI=1S/C22H22B4ClF2N3O4/c23-15-16(24)21(25,19(35)30-17(15)33)31-9-11-7-10(1-6-14(11)18(31)34)8-32(26)20(36)22(28,29)12-2-4-13(27)5-3-12/h1-7,15-16H,8-9,23-26H2,(H,30,33,35)/t15?,16?,21-/m0/s1. The Balaban J connectivity index is 1.53. The molecule has 2 unspecified atom stereocenters. The fraction of sp³-hybridized carbons (Fsp3) is 0.273. The lowest BCUT2D eigenvalue weighted by Crippen LogP contribution is -2.67. The minimum absolute atomic E-state index is 0.108. The maximum absolute atomic E-state index is 14.8. The molecule has 1 fully saturated rings. The average Bonchev–Trinajstić information content (AvgIpc) is 3.17. The van der Waals surface area contributed by atoms with Gasteiger partial charge in [0.2, 0.25) is 19.8 Å². The first-order valence-electron chi connectivity index (χ1n) is 11.5. The van der Waals surface area contributed by atoms with Gasteiger partial charge in [-0.25, -0.2) is 0 Å². The molecule has 0 spiro atoms. The monoisotopic (exact) mass is 509 g/mol. The summed E-state index contributed by atoms with van der Waals surface area (Å²) in [6.45, 7) is 0.0128. The first kappa shape index (κ1) is 26.0. The van der Waals surface area contributed by atoms with Crippen molar-refractivity contribution in [2.45, 2.75) is 36.1 Å². The summed E-state index contributed by atoms with van der Waals surface area (Å²) in [4.78, 5) is 53.1. The highest BCUT2D eigenvalue weighted by atomic mass is 35.5. The molecule has 0 aliphatic carbocycles. The van der Waals surface area contributed by atoms with Crippen LogP contribution in [-0.4, -0.2) is 70.3 Å². The Kier molecular flexibility index (Phi) is 6.58. The summed E-state index contributed by atoms with van der Waals surface area (Å²) in [6, 6.07) is 9.68. The largest absolute Gasteiger partial charge is 0.384 e. The van der Waals surface area contributed by atoms with Crippen molar-refractivity contribution in [2.24, 2.45) is 0 Å². The van der Waals surface area contributed by atoms with E-state index in [9.17, 15) is 28.0 Å². The fourth-order valence-electron chi connectivity index (χ4n) is 4.86. The minimum atomic E-state index is -3.74. The van der Waals surface area contributed by atoms with Crippen LogP contribution in [-0.2, 0) is 33.4 Å². The first-order chi connectivity index (χ1) is 16.8. The second-order valence-electron chi connectivity index (χ2n) is 9.67. The highest BCUT2D eigenvalue weighted by molar-refractivity contribution is 6.43. The summed E-state index contributed by atoms with van der Waals surface area (Å²) >= 11 is 5.76. The third kappa shape index (κ3) is 4.13. The first-order valence-corrected chi connectivity index (χ1v) is 11.8. The second-order valence-corrected chi connectivity index (χ2v) is 10.1. The molecule has 0 radical (unpaired) electrons. The predicted octanol–water partition coefficient (Wildman–Crippen LogP) is -1.21. The number of piperidine rings is 1. The van der Waals surface area contributed by atoms with Crippen LogP contribution in [0, 0.1) is 0 Å². The van der Waals surface area contributed by atoms with E-state index in [1.54, 1.807) is 41.7 Å². The Labute approximate surface area is 215 Å². The van der Waals surface area contributed by atoms with Crippen LogP contribution in [0.4, 0.5) is 8.78 Å². The van der Waals surface area contributed by atoms with Crippen molar-refractivity contribution in [1.82, 2.24) is 15.0 Å². The lowest BCUT2D eigenvalue weighted by atomic mass is 9.48. The molecule has 182 valence electrons. The number of amides is 4. The van der Waals surface area contributed by atoms with Crippen molar-refractivity contribution in [1.29, 1.82) is 0 Å². The van der Waals surface area contributed by atoms with Crippen LogP contribution in [0.1, 0.15) is 27.0 Å². The fourth-order valence-corrected chi connectivity index (χ4v) is 4.98. The minimum Gasteiger partial charge on any atom is -0.384 e. The zero-order valence-electron chi connectivity index (χ0n) is 20.3. The highest BCUT2D eigenvalue weighted by Crippen LogP contribution is 2.41. The van der Waals surface area contributed by atoms with Crippen molar-refractivity contribution in [2.75, 3.05) is 0 Å². The van der Waals surface area contributed by atoms with E-state index < -0.39 is 40.4 Å². The summed E-state index contributed by atoms with van der Waals surface area (Å²) in [5.41, 5.74) is -0.129. The van der Waals surface area contributed by atoms with Gasteiger partial charge in [0, 0.05) is 35.1 Å². The lowest BCUT2D eigenvalue weighted by molar-refractivity contribution is -0.154. The molecule has 2 aliphatic heterocycles. The normalized spacial score (nSPS) is 23.9. The van der Waals surface area contributed by atoms with Crippen LogP contribution in [0.25, 0.3) is 0 Å². The Hall–Kier alpha value is -3.07. The van der Waals surface area contributed by atoms with Gasteiger partial charge in [-0.1, -0.05) is 35.9 Å². The van der Waals surface area contributed by atoms with Gasteiger partial charge in [0.15, 0.2) is 0 Å². The van der Waals surface area contributed by atoms with E-state index in [1.165, 1.54) is 25.0 Å². The molecule has 14 heteroatoms. The number of hydrogen-bond donors (Lipinski definition) is 1. The third-order valence-electron chi connectivity index (χ3n) is 7.52. The van der Waals surface area contributed by atoms with Gasteiger partial charge in [-0.2, -0.15) is 8.78 Å². The second kappa shape index (κ2) is 9.10. The summed E-state index contributed by atoms with van der Waals surface area (Å²) in [5.74, 6) is -7.26. The van der Waals surface area contributed by atoms with Gasteiger partial charge in [-0.05, 0) is 35.1 Å². The number of rotatable bonds is 5. The zero-order valence-corrected chi connectivity index (χ0v) is 21.0. The predicted molar refractivity (Wildman–Crippen MR) is 140 cm³/mol. The number of carbonyl (C=O) groups is 4. The van der Waals surface area contributed by atoms with Crippen LogP contribution < -0.4 is 5.32 Å². The molecule has 7 nitrogen and oxygen atoms in total. The molecule has 3 atom stereocenters. The van der Waals surface area contributed by atoms with Crippen LogP contribution in [0.15, 0.2) is 42.5 Å². The number of nitrogens with zero attached hydrogens (tertiary/aromatic N) is 2. The van der Waals surface area contributed by atoms with Crippen LogP contribution in [0.3, 0.4) is 0 Å². The smallest absolute Gasteiger partial charge is 0.348 e. The number of halogens is 3. The molecule has 0 aromatic heterocycles. The molecule has 2 aromatic rings. The summed E-state index contributed by atoms with van der Waals surface area (Å²) < 4.78 is 29.6. The number of carbonyl (C=O) groups excluding carboxylic acids is 4. The SMILES string of the molecule is BC1C(=O)NC(=O)[C@@](B)(N2Cc3cc(CN(B)C(=O)C(F)(F)c4ccc(Cl)cc4)ccc3C2=O)C1B. The van der Waals surface area contributed by atoms with Gasteiger partial charge in [0.25, 0.3) is 11.8 Å². The zero-order chi connectivity index (χ0) is 26.6. The summed E-state index contributed by atoms with van der Waals surface area (Å²) in [7, 11) is 6.41. The number of imide groups is 1. The van der Waals surface area contributed by atoms with Gasteiger partial charge < -0.3 is 9.71 Å². The van der Waals surface area contributed by atoms with E-state index in [0.717, 1.165) is 16.9 Å². The topological polar surface area (TPSA) is 86.8 Å². The molecule has 4 amide bonds. The molecule has 0 bridgehead atoms. The Bertz CT molecular complexity index is 1280. The van der Waals surface area contributed by atoms with Gasteiger partial charge >= 0.3 is 5.92 Å². The average molecular weight is 509 g/mol. The van der Waals surface area contributed by atoms with E-state index in [2.05, 4.69) is 5.32 Å². The van der Waals surface area contributed by atoms with E-state index in [0.29, 0.717) is 16.7 Å². The van der Waals surface area contributed by atoms with Gasteiger partial charge in [0.1, 0.15) is 23.5 Å². The van der Waals surface area contributed by atoms with Crippen LogP contribution in [0.2, 0.25) is 16.7 Å². The molecule has 2 aliphatic rings. The van der Waals surface area contributed by atoms with Crippen LogP contribution >= 0.6 is 11.6 Å². The maximum atomic E-state index is 14.8. The van der Waals surface area contributed by atoms with Crippen molar-refractivity contribution in [3.63, 3.8) is 0 Å². The molecule has 2 aromatic carbocycles. The molecule has 36 heavy (non-hydrogen) atoms. The van der Waals surface area contributed by atoms with E-state index in [-0.39, 0.29) is 29.9 Å². The van der Waals surface area contributed by atoms with Crippen molar-refractivity contribution in [3.8, 4) is 0 Å². The van der Waals surface area contributed by atoms with Crippen molar-refractivity contribution < 1.29 is 28.0 Å². The van der Waals surface area contributed by atoms with Gasteiger partial charge in [-0.15, -0.1) is 0 Å². The molecular formula is C22H22B4ClF2N3O4. The molecule has 0 saturated carbocycles. The van der Waals surface area contributed by atoms with Gasteiger partial charge in [-0.3, -0.25) is 24.5 Å². The number of fused-ring (bicyclic) bond motifs is 1. The summed E-state index contributed by atoms with van der Waals surface area (Å²) in [5, 5.41) is 2.64. The lowest BCUT2D eigenvalue weighted by Gasteiger charge is -2.47. The highest BCUT2D eigenvalue weighted by Gasteiger charge is 2.54. The molecule has 1 N–H and O–H groups in total. The molecule has 1 saturated heterocycles. The van der Waals surface area contributed by atoms with Crippen LogP contribution in [0.5, 0.6) is 0 Å². The van der Waals surface area contributed by atoms with Gasteiger partial charge in [0.05, 0.1) is 5.44 Å². The number of alkyl halides is 2. The van der Waals surface area contributed by atoms with E-state index in [4.69, 9.17) is 11.6 Å². The quantitative estimate of drug-likeness (QED) is 0.406. The maximum Gasteiger partial charge on any atom is 0.348 e. The molecule has 2 heterocycles. The molecular weight excluding hydrogens is 487 g/mol. The van der Waals surface area contributed by atoms with E-state index in [1.807, 2.05) is 0 Å². The number of hydrogen-bond acceptors (Lipinski definition) is 4. The van der Waals surface area contributed by atoms with Crippen molar-refractivity contribution in [3.05, 3.63) is 69.7 Å².